The lowest BCUT2D eigenvalue weighted by molar-refractivity contribution is 0.332. The van der Waals surface area contributed by atoms with Gasteiger partial charge in [-0.2, -0.15) is 0 Å². The van der Waals surface area contributed by atoms with E-state index < -0.39 is 50.1 Å². The first-order valence-corrected chi connectivity index (χ1v) is 36.7. The minimum atomic E-state index is -2.99. The van der Waals surface area contributed by atoms with E-state index >= 15 is 0 Å². The van der Waals surface area contributed by atoms with Crippen molar-refractivity contribution in [2.75, 3.05) is 31.3 Å². The molecule has 0 atom stereocenters. The summed E-state index contributed by atoms with van der Waals surface area (Å²) in [5, 5.41) is 0. The van der Waals surface area contributed by atoms with Gasteiger partial charge in [-0.1, -0.05) is 104 Å². The third-order valence-corrected chi connectivity index (χ3v) is 15.8. The Kier molecular flexibility index (Phi) is 49.0. The molecule has 5 aliphatic carbocycles. The Bertz CT molecular complexity index is 1440. The van der Waals surface area contributed by atoms with E-state index in [0.29, 0.717) is 0 Å². The van der Waals surface area contributed by atoms with Gasteiger partial charge in [-0.25, -0.2) is 65.7 Å². The lowest BCUT2D eigenvalue weighted by Crippen LogP contribution is -2.36. The number of hydrogen-bond acceptors (Lipinski definition) is 10. The SMILES string of the molecule is CC.CC.CC.CC.CC.CC1CCC(NS(C)(=O)=O)CC1.CC1CCC(NS(C)(=O)=O)CC1.CC1CCC(NS(C)(=O)=O)CC1.CC1CCC(NS(C)(=O)=O)CC1.CC1CCC(NS(C)(=O)=O)CC1. The molecule has 0 aliphatic heterocycles. The van der Waals surface area contributed by atoms with Crippen molar-refractivity contribution in [1.29, 1.82) is 0 Å². The summed E-state index contributed by atoms with van der Waals surface area (Å²) in [5.41, 5.74) is 0. The van der Waals surface area contributed by atoms with Crippen LogP contribution in [0.4, 0.5) is 0 Å². The maximum absolute atomic E-state index is 10.9. The molecule has 430 valence electrons. The molecule has 0 aromatic rings. The molecule has 0 amide bonds. The molecule has 0 radical (unpaired) electrons. The Hall–Kier alpha value is -0.450. The number of nitrogens with one attached hydrogen (secondary N) is 5. The van der Waals surface area contributed by atoms with E-state index in [4.69, 9.17) is 0 Å². The summed E-state index contributed by atoms with van der Waals surface area (Å²) in [6.07, 6.45) is 27.5. The van der Waals surface area contributed by atoms with Crippen molar-refractivity contribution in [3.8, 4) is 0 Å². The van der Waals surface area contributed by atoms with Gasteiger partial charge in [0.1, 0.15) is 0 Å². The number of rotatable bonds is 10. The van der Waals surface area contributed by atoms with Gasteiger partial charge in [0.05, 0.1) is 31.3 Å². The van der Waals surface area contributed by atoms with E-state index in [9.17, 15) is 42.1 Å². The van der Waals surface area contributed by atoms with Crippen LogP contribution in [0, 0.1) is 29.6 Å². The molecule has 0 aromatic heterocycles. The predicted molar refractivity (Wildman–Crippen MR) is 304 cm³/mol. The van der Waals surface area contributed by atoms with Crippen LogP contribution >= 0.6 is 0 Å². The van der Waals surface area contributed by atoms with Crippen molar-refractivity contribution in [2.24, 2.45) is 29.6 Å². The van der Waals surface area contributed by atoms with Crippen LogP contribution in [0.1, 0.15) is 232 Å². The van der Waals surface area contributed by atoms with Crippen LogP contribution in [0.15, 0.2) is 0 Å². The molecule has 0 spiro atoms. The second-order valence-electron chi connectivity index (χ2n) is 19.2. The Morgan fingerprint density at radius 1 is 0.214 bits per heavy atom. The quantitative estimate of drug-likeness (QED) is 0.139. The lowest BCUT2D eigenvalue weighted by atomic mass is 9.88. The molecule has 5 N–H and O–H groups in total. The van der Waals surface area contributed by atoms with Crippen LogP contribution in [-0.2, 0) is 50.1 Å². The van der Waals surface area contributed by atoms with Crippen molar-refractivity contribution >= 4 is 50.1 Å². The molecule has 5 aliphatic rings. The summed E-state index contributed by atoms with van der Waals surface area (Å²) >= 11 is 0. The van der Waals surface area contributed by atoms with E-state index in [1.54, 1.807) is 0 Å². The number of hydrogen-bond donors (Lipinski definition) is 5. The fraction of sp³-hybridized carbons (Fsp3) is 1.00. The van der Waals surface area contributed by atoms with Crippen molar-refractivity contribution in [2.45, 2.75) is 262 Å². The van der Waals surface area contributed by atoms with Crippen LogP contribution in [-0.4, -0.2) is 104 Å². The van der Waals surface area contributed by atoms with Crippen LogP contribution < -0.4 is 23.6 Å². The molecule has 0 unspecified atom stereocenters. The fourth-order valence-corrected chi connectivity index (χ4v) is 12.6. The largest absolute Gasteiger partial charge is 0.213 e. The summed E-state index contributed by atoms with van der Waals surface area (Å²) in [5.74, 6) is 3.83. The molecular formula is C50H115N5O10S5. The Morgan fingerprint density at radius 2 is 0.300 bits per heavy atom. The third kappa shape index (κ3) is 53.8. The highest BCUT2D eigenvalue weighted by Gasteiger charge is 2.24. The summed E-state index contributed by atoms with van der Waals surface area (Å²) in [4.78, 5) is 0. The van der Waals surface area contributed by atoms with Gasteiger partial charge >= 0.3 is 0 Å². The maximum atomic E-state index is 10.9. The first kappa shape index (κ1) is 78.4. The molecule has 20 heteroatoms. The Balaban J connectivity index is -0.000000240. The van der Waals surface area contributed by atoms with E-state index in [-0.39, 0.29) is 30.2 Å². The van der Waals surface area contributed by atoms with Crippen LogP contribution in [0.5, 0.6) is 0 Å². The molecular weight excluding hydrogens is 991 g/mol. The van der Waals surface area contributed by atoms with Gasteiger partial charge in [-0.15, -0.1) is 0 Å². The van der Waals surface area contributed by atoms with Crippen molar-refractivity contribution in [1.82, 2.24) is 23.6 Å². The van der Waals surface area contributed by atoms with E-state index in [1.807, 2.05) is 69.2 Å². The van der Waals surface area contributed by atoms with Gasteiger partial charge in [0, 0.05) is 30.2 Å². The Labute approximate surface area is 436 Å². The summed E-state index contributed by atoms with van der Waals surface area (Å²) < 4.78 is 122. The lowest BCUT2D eigenvalue weighted by Gasteiger charge is -2.25. The molecule has 0 saturated heterocycles. The van der Waals surface area contributed by atoms with Crippen LogP contribution in [0.25, 0.3) is 0 Å². The highest BCUT2D eigenvalue weighted by Crippen LogP contribution is 2.27. The summed E-state index contributed by atoms with van der Waals surface area (Å²) in [6, 6.07) is 0.955. The molecule has 70 heavy (non-hydrogen) atoms. The molecule has 5 saturated carbocycles. The Morgan fingerprint density at radius 3 is 0.371 bits per heavy atom. The minimum Gasteiger partial charge on any atom is -0.213 e. The number of sulfonamides is 5. The van der Waals surface area contributed by atoms with Crippen LogP contribution in [0.2, 0.25) is 0 Å². The molecule has 5 rings (SSSR count). The van der Waals surface area contributed by atoms with Gasteiger partial charge in [-0.05, 0) is 158 Å². The van der Waals surface area contributed by atoms with Gasteiger partial charge in [-0.3, -0.25) is 0 Å². The van der Waals surface area contributed by atoms with Gasteiger partial charge in [0.2, 0.25) is 50.1 Å². The summed E-state index contributed by atoms with van der Waals surface area (Å²) in [7, 11) is -15.0. The first-order chi connectivity index (χ1) is 32.4. The average molecular weight is 1110 g/mol. The zero-order chi connectivity index (χ0) is 56.0. The van der Waals surface area contributed by atoms with Crippen LogP contribution in [0.3, 0.4) is 0 Å². The third-order valence-electron chi connectivity index (χ3n) is 12.0. The fourth-order valence-electron chi connectivity index (χ4n) is 8.40. The molecule has 0 aromatic carbocycles. The van der Waals surface area contributed by atoms with Crippen molar-refractivity contribution in [3.05, 3.63) is 0 Å². The highest BCUT2D eigenvalue weighted by molar-refractivity contribution is 7.89. The second-order valence-corrected chi connectivity index (χ2v) is 28.1. The van der Waals surface area contributed by atoms with Gasteiger partial charge in [0.25, 0.3) is 0 Å². The second kappa shape index (κ2) is 43.8. The smallest absolute Gasteiger partial charge is 0.208 e. The van der Waals surface area contributed by atoms with Crippen molar-refractivity contribution < 1.29 is 42.1 Å². The molecule has 0 heterocycles. The first-order valence-electron chi connectivity index (χ1n) is 27.2. The topological polar surface area (TPSA) is 231 Å². The van der Waals surface area contributed by atoms with Gasteiger partial charge in [0.15, 0.2) is 0 Å². The zero-order valence-corrected chi connectivity index (χ0v) is 52.6. The summed E-state index contributed by atoms with van der Waals surface area (Å²) in [6.45, 7) is 31.1. The molecule has 15 nitrogen and oxygen atoms in total. The van der Waals surface area contributed by atoms with Crippen molar-refractivity contribution in [3.63, 3.8) is 0 Å². The highest BCUT2D eigenvalue weighted by atomic mass is 32.2. The van der Waals surface area contributed by atoms with E-state index in [0.717, 1.165) is 158 Å². The monoisotopic (exact) mass is 1110 g/mol. The average Bonchev–Trinajstić information content (AvgIpc) is 3.27. The molecule has 5 fully saturated rings. The zero-order valence-electron chi connectivity index (χ0n) is 48.5. The maximum Gasteiger partial charge on any atom is 0.208 e. The standard InChI is InChI=1S/5C8H17NO2S.5C2H6/c5*1-7-3-5-8(6-4-7)9-12(2,10)11;5*1-2/h5*7-9H,3-6H2,1-2H3;5*1-2H3. The normalized spacial score (nSPS) is 27.7. The molecule has 0 bridgehead atoms. The van der Waals surface area contributed by atoms with E-state index in [2.05, 4.69) is 58.2 Å². The predicted octanol–water partition coefficient (Wildman–Crippen LogP) is 10.7. The minimum absolute atomic E-state index is 0.191. The van der Waals surface area contributed by atoms with Gasteiger partial charge < -0.3 is 0 Å². The van der Waals surface area contributed by atoms with E-state index in [1.165, 1.54) is 31.3 Å².